The zero-order valence-electron chi connectivity index (χ0n) is 9.70. The third-order valence-corrected chi connectivity index (χ3v) is 2.33. The number of rotatable bonds is 7. The number of nitrogens with one attached hydrogen (secondary N) is 1. The van der Waals surface area contributed by atoms with E-state index in [4.69, 9.17) is 4.74 Å². The summed E-state index contributed by atoms with van der Waals surface area (Å²) in [7, 11) is 1.97. The highest BCUT2D eigenvalue weighted by molar-refractivity contribution is 5.14. The smallest absolute Gasteiger partial charge is 0.0506 e. The Labute approximate surface area is 92.6 Å². The zero-order chi connectivity index (χ0) is 10.9. The van der Waals surface area contributed by atoms with Gasteiger partial charge in [-0.1, -0.05) is 37.3 Å². The van der Waals surface area contributed by atoms with Crippen molar-refractivity contribution in [2.75, 3.05) is 26.8 Å². The van der Waals surface area contributed by atoms with Crippen LogP contribution in [0.5, 0.6) is 0 Å². The third-order valence-electron chi connectivity index (χ3n) is 2.33. The van der Waals surface area contributed by atoms with Crippen LogP contribution in [0.1, 0.15) is 12.5 Å². The van der Waals surface area contributed by atoms with Gasteiger partial charge in [0.25, 0.3) is 0 Å². The molecule has 0 saturated heterocycles. The summed E-state index contributed by atoms with van der Waals surface area (Å²) in [5.41, 5.74) is 1.35. The Hall–Kier alpha value is -0.860. The lowest BCUT2D eigenvalue weighted by atomic mass is 10.2. The Morgan fingerprint density at radius 3 is 2.67 bits per heavy atom. The lowest BCUT2D eigenvalue weighted by Gasteiger charge is -2.11. The first-order valence-corrected chi connectivity index (χ1v) is 5.59. The van der Waals surface area contributed by atoms with Gasteiger partial charge in [0.1, 0.15) is 0 Å². The molecule has 1 rings (SSSR count). The molecule has 1 unspecified atom stereocenters. The second kappa shape index (κ2) is 7.43. The van der Waals surface area contributed by atoms with Crippen molar-refractivity contribution in [2.45, 2.75) is 13.3 Å². The topological polar surface area (TPSA) is 21.3 Å². The van der Waals surface area contributed by atoms with E-state index in [2.05, 4.69) is 36.5 Å². The van der Waals surface area contributed by atoms with Crippen LogP contribution < -0.4 is 5.32 Å². The number of ether oxygens (including phenoxy) is 1. The maximum absolute atomic E-state index is 5.61. The molecular weight excluding hydrogens is 186 g/mol. The minimum absolute atomic E-state index is 0.589. The first-order valence-electron chi connectivity index (χ1n) is 5.59. The van der Waals surface area contributed by atoms with E-state index in [-0.39, 0.29) is 0 Å². The molecule has 1 aromatic carbocycles. The van der Waals surface area contributed by atoms with Crippen molar-refractivity contribution in [2.24, 2.45) is 5.92 Å². The molecule has 84 valence electrons. The Morgan fingerprint density at radius 1 is 1.27 bits per heavy atom. The van der Waals surface area contributed by atoms with Crippen LogP contribution in [0.25, 0.3) is 0 Å². The molecule has 1 atom stereocenters. The normalized spacial score (nSPS) is 12.7. The third kappa shape index (κ3) is 5.55. The molecule has 0 amide bonds. The van der Waals surface area contributed by atoms with Gasteiger partial charge in [-0.25, -0.2) is 0 Å². The summed E-state index contributed by atoms with van der Waals surface area (Å²) in [6.07, 6.45) is 1.01. The molecule has 2 heteroatoms. The highest BCUT2D eigenvalue weighted by Crippen LogP contribution is 2.00. The minimum Gasteiger partial charge on any atom is -0.381 e. The van der Waals surface area contributed by atoms with Gasteiger partial charge in [-0.05, 0) is 31.5 Å². The van der Waals surface area contributed by atoms with Crippen LogP contribution in [0.3, 0.4) is 0 Å². The van der Waals surface area contributed by atoms with Crippen LogP contribution in [0.4, 0.5) is 0 Å². The van der Waals surface area contributed by atoms with Gasteiger partial charge in [0.05, 0.1) is 13.2 Å². The van der Waals surface area contributed by atoms with Crippen LogP contribution in [0, 0.1) is 5.92 Å². The van der Waals surface area contributed by atoms with Gasteiger partial charge in [0, 0.05) is 0 Å². The van der Waals surface area contributed by atoms with Crippen molar-refractivity contribution >= 4 is 0 Å². The van der Waals surface area contributed by atoms with Gasteiger partial charge < -0.3 is 10.1 Å². The maximum Gasteiger partial charge on any atom is 0.0506 e. The number of benzene rings is 1. The van der Waals surface area contributed by atoms with E-state index in [1.807, 2.05) is 13.1 Å². The summed E-state index contributed by atoms with van der Waals surface area (Å²) in [6.45, 7) is 4.87. The Kier molecular flexibility index (Phi) is 6.05. The van der Waals surface area contributed by atoms with Gasteiger partial charge in [-0.15, -0.1) is 0 Å². The van der Waals surface area contributed by atoms with Crippen LogP contribution in [0.15, 0.2) is 30.3 Å². The maximum atomic E-state index is 5.61. The summed E-state index contributed by atoms with van der Waals surface area (Å²) in [6, 6.07) is 10.5. The van der Waals surface area contributed by atoms with Gasteiger partial charge in [0.15, 0.2) is 0 Å². The van der Waals surface area contributed by atoms with Gasteiger partial charge >= 0.3 is 0 Å². The van der Waals surface area contributed by atoms with Crippen LogP contribution in [0.2, 0.25) is 0 Å². The number of hydrogen-bond donors (Lipinski definition) is 1. The first kappa shape index (κ1) is 12.2. The number of hydrogen-bond acceptors (Lipinski definition) is 2. The van der Waals surface area contributed by atoms with Crippen molar-refractivity contribution in [3.8, 4) is 0 Å². The SMILES string of the molecule is CNCC(C)COCCc1ccccc1. The molecule has 0 aliphatic carbocycles. The van der Waals surface area contributed by atoms with Crippen LogP contribution in [-0.4, -0.2) is 26.8 Å². The summed E-state index contributed by atoms with van der Waals surface area (Å²) < 4.78 is 5.61. The van der Waals surface area contributed by atoms with Crippen molar-refractivity contribution in [1.82, 2.24) is 5.32 Å². The fourth-order valence-corrected chi connectivity index (χ4v) is 1.53. The highest BCUT2D eigenvalue weighted by Gasteiger charge is 1.99. The molecule has 0 aromatic heterocycles. The lowest BCUT2D eigenvalue weighted by molar-refractivity contribution is 0.107. The van der Waals surface area contributed by atoms with E-state index in [1.54, 1.807) is 0 Å². The molecule has 15 heavy (non-hydrogen) atoms. The molecular formula is C13H21NO. The first-order chi connectivity index (χ1) is 7.33. The summed E-state index contributed by atoms with van der Waals surface area (Å²) >= 11 is 0. The standard InChI is InChI=1S/C13H21NO/c1-12(10-14-2)11-15-9-8-13-6-4-3-5-7-13/h3-7,12,14H,8-11H2,1-2H3. The second-order valence-electron chi connectivity index (χ2n) is 3.97. The molecule has 0 heterocycles. The van der Waals surface area contributed by atoms with E-state index in [0.29, 0.717) is 5.92 Å². The molecule has 0 aliphatic heterocycles. The van der Waals surface area contributed by atoms with Crippen molar-refractivity contribution in [3.63, 3.8) is 0 Å². The molecule has 0 spiro atoms. The summed E-state index contributed by atoms with van der Waals surface area (Å²) in [4.78, 5) is 0. The molecule has 1 N–H and O–H groups in total. The Morgan fingerprint density at radius 2 is 2.00 bits per heavy atom. The monoisotopic (exact) mass is 207 g/mol. The molecule has 2 nitrogen and oxygen atoms in total. The lowest BCUT2D eigenvalue weighted by Crippen LogP contribution is -2.20. The largest absolute Gasteiger partial charge is 0.381 e. The van der Waals surface area contributed by atoms with Crippen molar-refractivity contribution < 1.29 is 4.74 Å². The Bertz CT molecular complexity index is 248. The predicted molar refractivity (Wildman–Crippen MR) is 64.1 cm³/mol. The van der Waals surface area contributed by atoms with Crippen LogP contribution >= 0.6 is 0 Å². The van der Waals surface area contributed by atoms with E-state index in [0.717, 1.165) is 26.2 Å². The fourth-order valence-electron chi connectivity index (χ4n) is 1.53. The van der Waals surface area contributed by atoms with E-state index in [9.17, 15) is 0 Å². The molecule has 0 bridgehead atoms. The highest BCUT2D eigenvalue weighted by atomic mass is 16.5. The summed E-state index contributed by atoms with van der Waals surface area (Å²) in [5.74, 6) is 0.589. The zero-order valence-corrected chi connectivity index (χ0v) is 9.70. The second-order valence-corrected chi connectivity index (χ2v) is 3.97. The minimum atomic E-state index is 0.589. The molecule has 0 saturated carbocycles. The molecule has 0 aliphatic rings. The fraction of sp³-hybridized carbons (Fsp3) is 0.538. The Balaban J connectivity index is 2.07. The molecule has 0 radical (unpaired) electrons. The average Bonchev–Trinajstić information content (AvgIpc) is 2.26. The van der Waals surface area contributed by atoms with Crippen molar-refractivity contribution in [1.29, 1.82) is 0 Å². The van der Waals surface area contributed by atoms with E-state index >= 15 is 0 Å². The van der Waals surface area contributed by atoms with Gasteiger partial charge in [-0.3, -0.25) is 0 Å². The molecule has 0 fully saturated rings. The van der Waals surface area contributed by atoms with Gasteiger partial charge in [0.2, 0.25) is 0 Å². The van der Waals surface area contributed by atoms with Crippen LogP contribution in [-0.2, 0) is 11.2 Å². The van der Waals surface area contributed by atoms with Gasteiger partial charge in [-0.2, -0.15) is 0 Å². The predicted octanol–water partition coefficient (Wildman–Crippen LogP) is 2.10. The average molecular weight is 207 g/mol. The molecule has 1 aromatic rings. The van der Waals surface area contributed by atoms with E-state index < -0.39 is 0 Å². The summed E-state index contributed by atoms with van der Waals surface area (Å²) in [5, 5.41) is 3.15. The van der Waals surface area contributed by atoms with Crippen molar-refractivity contribution in [3.05, 3.63) is 35.9 Å². The quantitative estimate of drug-likeness (QED) is 0.691. The van der Waals surface area contributed by atoms with E-state index in [1.165, 1.54) is 5.56 Å².